The fraction of sp³-hybridized carbons (Fsp3) is 0.500. The summed E-state index contributed by atoms with van der Waals surface area (Å²) in [4.78, 5) is 12.6. The van der Waals surface area contributed by atoms with Gasteiger partial charge in [-0.25, -0.2) is 13.2 Å². The number of ether oxygens (including phenoxy) is 1. The van der Waals surface area contributed by atoms with Crippen molar-refractivity contribution < 1.29 is 23.1 Å². The summed E-state index contributed by atoms with van der Waals surface area (Å²) in [7, 11) is -3.20. The van der Waals surface area contributed by atoms with Crippen LogP contribution in [0.2, 0.25) is 0 Å². The van der Waals surface area contributed by atoms with Crippen molar-refractivity contribution in [2.24, 2.45) is 5.92 Å². The van der Waals surface area contributed by atoms with Gasteiger partial charge in [0.2, 0.25) is 0 Å². The molecule has 21 heavy (non-hydrogen) atoms. The molecule has 1 atom stereocenters. The van der Waals surface area contributed by atoms with E-state index in [0.29, 0.717) is 25.4 Å². The lowest BCUT2D eigenvalue weighted by molar-refractivity contribution is 0.105. The third kappa shape index (κ3) is 4.35. The molecule has 6 nitrogen and oxygen atoms in total. The van der Waals surface area contributed by atoms with Gasteiger partial charge in [0, 0.05) is 25.3 Å². The smallest absolute Gasteiger partial charge is 0.407 e. The molecule has 0 saturated carbocycles. The zero-order valence-corrected chi connectivity index (χ0v) is 12.7. The molecule has 1 saturated heterocycles. The van der Waals surface area contributed by atoms with E-state index in [1.807, 2.05) is 0 Å². The highest BCUT2D eigenvalue weighted by Crippen LogP contribution is 2.20. The number of carboxylic acid groups (broad SMARTS) is 1. The summed E-state index contributed by atoms with van der Waals surface area (Å²) in [6, 6.07) is 6.26. The lowest BCUT2D eigenvalue weighted by Crippen LogP contribution is -2.40. The minimum atomic E-state index is -3.20. The molecular formula is C14H19NO5S. The molecule has 0 bridgehead atoms. The summed E-state index contributed by atoms with van der Waals surface area (Å²) in [6.07, 6.45) is 2.04. The highest BCUT2D eigenvalue weighted by atomic mass is 32.2. The Bertz CT molecular complexity index is 596. The van der Waals surface area contributed by atoms with Crippen molar-refractivity contribution in [1.82, 2.24) is 4.90 Å². The van der Waals surface area contributed by atoms with E-state index in [9.17, 15) is 13.2 Å². The van der Waals surface area contributed by atoms with Crippen LogP contribution in [0.4, 0.5) is 4.79 Å². The maximum atomic E-state index is 11.3. The largest absolute Gasteiger partial charge is 0.493 e. The molecule has 0 unspecified atom stereocenters. The number of nitrogens with zero attached hydrogens (tertiary/aromatic N) is 1. The average molecular weight is 313 g/mol. The Balaban J connectivity index is 1.89. The number of carbonyl (C=O) groups is 1. The topological polar surface area (TPSA) is 83.9 Å². The van der Waals surface area contributed by atoms with Gasteiger partial charge in [-0.2, -0.15) is 0 Å². The van der Waals surface area contributed by atoms with Crippen molar-refractivity contribution in [1.29, 1.82) is 0 Å². The quantitative estimate of drug-likeness (QED) is 0.917. The predicted octanol–water partition coefficient (Wildman–Crippen LogP) is 1.86. The molecule has 1 aromatic carbocycles. The third-order valence-corrected chi connectivity index (χ3v) is 4.66. The second kappa shape index (κ2) is 6.34. The Labute approximate surface area is 124 Å². The number of likely N-dealkylation sites (tertiary alicyclic amines) is 1. The zero-order chi connectivity index (χ0) is 15.5. The van der Waals surface area contributed by atoms with Crippen LogP contribution in [0.25, 0.3) is 0 Å². The molecule has 1 N–H and O–H groups in total. The van der Waals surface area contributed by atoms with Crippen LogP contribution in [0.5, 0.6) is 5.75 Å². The molecule has 2 rings (SSSR count). The summed E-state index contributed by atoms with van der Waals surface area (Å²) in [5.74, 6) is 0.763. The Morgan fingerprint density at radius 2 is 2.05 bits per heavy atom. The molecule has 1 aliphatic rings. The summed E-state index contributed by atoms with van der Waals surface area (Å²) < 4.78 is 28.3. The van der Waals surface area contributed by atoms with E-state index in [2.05, 4.69) is 0 Å². The number of piperidine rings is 1. The SMILES string of the molecule is CS(=O)(=O)c1ccc(OC[C@@H]2CCCN(C(=O)O)C2)cc1. The molecule has 1 fully saturated rings. The van der Waals surface area contributed by atoms with E-state index < -0.39 is 15.9 Å². The minimum Gasteiger partial charge on any atom is -0.493 e. The summed E-state index contributed by atoms with van der Waals surface area (Å²) in [6.45, 7) is 1.49. The minimum absolute atomic E-state index is 0.171. The lowest BCUT2D eigenvalue weighted by Gasteiger charge is -2.30. The fourth-order valence-electron chi connectivity index (χ4n) is 2.37. The number of hydrogen-bond donors (Lipinski definition) is 1. The normalized spacial score (nSPS) is 19.3. The van der Waals surface area contributed by atoms with E-state index in [4.69, 9.17) is 9.84 Å². The highest BCUT2D eigenvalue weighted by Gasteiger charge is 2.23. The maximum Gasteiger partial charge on any atom is 0.407 e. The van der Waals surface area contributed by atoms with Crippen LogP contribution in [0.3, 0.4) is 0 Å². The second-order valence-corrected chi connectivity index (χ2v) is 7.31. The standard InChI is InChI=1S/C14H19NO5S/c1-21(18,19)13-6-4-12(5-7-13)20-10-11-3-2-8-15(9-11)14(16)17/h4-7,11H,2-3,8-10H2,1H3,(H,16,17)/t11-/m1/s1. The first-order valence-corrected chi connectivity index (χ1v) is 8.66. The molecule has 1 heterocycles. The number of hydrogen-bond acceptors (Lipinski definition) is 4. The number of rotatable bonds is 4. The van der Waals surface area contributed by atoms with Crippen LogP contribution in [-0.4, -0.2) is 50.5 Å². The van der Waals surface area contributed by atoms with Gasteiger partial charge in [-0.05, 0) is 37.1 Å². The highest BCUT2D eigenvalue weighted by molar-refractivity contribution is 7.90. The van der Waals surface area contributed by atoms with Crippen molar-refractivity contribution in [3.63, 3.8) is 0 Å². The van der Waals surface area contributed by atoms with Crippen molar-refractivity contribution in [3.05, 3.63) is 24.3 Å². The predicted molar refractivity (Wildman–Crippen MR) is 77.4 cm³/mol. The van der Waals surface area contributed by atoms with Gasteiger partial charge in [0.05, 0.1) is 11.5 Å². The van der Waals surface area contributed by atoms with Crippen LogP contribution in [0.1, 0.15) is 12.8 Å². The number of benzene rings is 1. The first kappa shape index (κ1) is 15.6. The second-order valence-electron chi connectivity index (χ2n) is 5.29. The molecular weight excluding hydrogens is 294 g/mol. The molecule has 116 valence electrons. The van der Waals surface area contributed by atoms with Crippen LogP contribution in [0, 0.1) is 5.92 Å². The van der Waals surface area contributed by atoms with Gasteiger partial charge < -0.3 is 14.7 Å². The first-order chi connectivity index (χ1) is 9.86. The summed E-state index contributed by atoms with van der Waals surface area (Å²) in [5.41, 5.74) is 0. The van der Waals surface area contributed by atoms with Gasteiger partial charge >= 0.3 is 6.09 Å². The molecule has 0 spiro atoms. The molecule has 0 aromatic heterocycles. The van der Waals surface area contributed by atoms with Crippen LogP contribution in [0.15, 0.2) is 29.2 Å². The van der Waals surface area contributed by atoms with Gasteiger partial charge in [-0.15, -0.1) is 0 Å². The Kier molecular flexibility index (Phi) is 4.72. The van der Waals surface area contributed by atoms with Crippen molar-refractivity contribution in [3.8, 4) is 5.75 Å². The summed E-state index contributed by atoms with van der Waals surface area (Å²) in [5, 5.41) is 8.98. The van der Waals surface area contributed by atoms with E-state index in [1.54, 1.807) is 12.1 Å². The molecule has 1 amide bonds. The van der Waals surface area contributed by atoms with Crippen LogP contribution >= 0.6 is 0 Å². The van der Waals surface area contributed by atoms with Gasteiger partial charge in [-0.1, -0.05) is 0 Å². The molecule has 0 radical (unpaired) electrons. The van der Waals surface area contributed by atoms with Crippen molar-refractivity contribution in [2.75, 3.05) is 26.0 Å². The number of amides is 1. The van der Waals surface area contributed by atoms with Crippen LogP contribution in [-0.2, 0) is 9.84 Å². The fourth-order valence-corrected chi connectivity index (χ4v) is 3.00. The molecule has 7 heteroatoms. The van der Waals surface area contributed by atoms with Gasteiger partial charge in [0.15, 0.2) is 9.84 Å². The van der Waals surface area contributed by atoms with E-state index in [0.717, 1.165) is 19.1 Å². The molecule has 1 aromatic rings. The maximum absolute atomic E-state index is 11.3. The summed E-state index contributed by atoms with van der Waals surface area (Å²) >= 11 is 0. The van der Waals surface area contributed by atoms with Crippen molar-refractivity contribution in [2.45, 2.75) is 17.7 Å². The van der Waals surface area contributed by atoms with E-state index in [1.165, 1.54) is 17.0 Å². The Morgan fingerprint density at radius 1 is 1.38 bits per heavy atom. The monoisotopic (exact) mass is 313 g/mol. The average Bonchev–Trinajstić information content (AvgIpc) is 2.45. The van der Waals surface area contributed by atoms with Gasteiger partial charge in [-0.3, -0.25) is 0 Å². The lowest BCUT2D eigenvalue weighted by atomic mass is 9.99. The Morgan fingerprint density at radius 3 is 2.62 bits per heavy atom. The van der Waals surface area contributed by atoms with Crippen LogP contribution < -0.4 is 4.74 Å². The number of sulfone groups is 1. The Hall–Kier alpha value is -1.76. The van der Waals surface area contributed by atoms with Crippen molar-refractivity contribution >= 4 is 15.9 Å². The van der Waals surface area contributed by atoms with E-state index in [-0.39, 0.29) is 10.8 Å². The van der Waals surface area contributed by atoms with Gasteiger partial charge in [0.25, 0.3) is 0 Å². The molecule has 0 aliphatic carbocycles. The molecule has 1 aliphatic heterocycles. The van der Waals surface area contributed by atoms with E-state index >= 15 is 0 Å². The third-order valence-electron chi connectivity index (χ3n) is 3.53. The van der Waals surface area contributed by atoms with Gasteiger partial charge in [0.1, 0.15) is 5.75 Å². The zero-order valence-electron chi connectivity index (χ0n) is 11.9. The first-order valence-electron chi connectivity index (χ1n) is 6.77.